The molecule has 0 amide bonds. The van der Waals surface area contributed by atoms with Crippen LogP contribution in [0.2, 0.25) is 0 Å². The molecule has 0 aromatic heterocycles. The molecule has 0 heterocycles. The van der Waals surface area contributed by atoms with Crippen molar-refractivity contribution in [2.24, 2.45) is 5.73 Å². The molecule has 81 heavy (non-hydrogen) atoms. The van der Waals surface area contributed by atoms with Crippen molar-refractivity contribution in [3.63, 3.8) is 0 Å². The quantitative estimate of drug-likeness (QED) is 0.0264. The summed E-state index contributed by atoms with van der Waals surface area (Å²) in [6.45, 7) is 3.63. The first-order valence-electron chi connectivity index (χ1n) is 33.4. The van der Waals surface area contributed by atoms with Crippen molar-refractivity contribution >= 4 is 19.8 Å². The highest BCUT2D eigenvalue weighted by atomic mass is 31.2. The van der Waals surface area contributed by atoms with Gasteiger partial charge in [0.2, 0.25) is 0 Å². The molecule has 0 fully saturated rings. The highest BCUT2D eigenvalue weighted by molar-refractivity contribution is 7.47. The van der Waals surface area contributed by atoms with Gasteiger partial charge in [0.25, 0.3) is 0 Å². The zero-order chi connectivity index (χ0) is 58.7. The Morgan fingerprint density at radius 1 is 0.383 bits per heavy atom. The summed E-state index contributed by atoms with van der Waals surface area (Å²) in [6.07, 6.45) is 90.2. The molecule has 0 spiro atoms. The van der Waals surface area contributed by atoms with Crippen molar-refractivity contribution in [2.45, 2.75) is 302 Å². The van der Waals surface area contributed by atoms with Gasteiger partial charge in [-0.05, 0) is 103 Å². The van der Waals surface area contributed by atoms with Gasteiger partial charge in [-0.25, -0.2) is 4.57 Å². The molecule has 0 saturated carbocycles. The van der Waals surface area contributed by atoms with E-state index in [1.165, 1.54) is 167 Å². The highest BCUT2D eigenvalue weighted by Crippen LogP contribution is 2.43. The smallest absolute Gasteiger partial charge is 0.462 e. The van der Waals surface area contributed by atoms with Crippen molar-refractivity contribution in [1.82, 2.24) is 0 Å². The highest BCUT2D eigenvalue weighted by Gasteiger charge is 2.26. The lowest BCUT2D eigenvalue weighted by Crippen LogP contribution is -2.29. The van der Waals surface area contributed by atoms with Crippen LogP contribution in [0.15, 0.2) is 109 Å². The van der Waals surface area contributed by atoms with Crippen LogP contribution in [0.5, 0.6) is 0 Å². The standard InChI is InChI=1S/C71H124NO8P/c1-3-5-7-9-11-13-15-17-19-21-23-25-27-29-31-32-33-34-35-36-38-39-41-43-45-47-49-51-53-55-57-59-61-63-70(73)77-67-69(68-79-81(75,76)78-66-65-72)80-71(74)64-62-60-58-56-54-52-50-48-46-44-42-40-37-30-28-26-24-22-20-18-16-14-12-10-8-6-4-2/h6,8,12,14-15,17-18,20-21,23-24,26-27,29-30,37,42,44,69H,3-5,7,9-11,13,16,19,22,25,28,31-36,38-41,43,45-68,72H2,1-2H3,(H,75,76)/b8-6-,14-12-,17-15-,20-18-,23-21-,26-24-,29-27-,37-30-,44-42-. The van der Waals surface area contributed by atoms with Crippen molar-refractivity contribution in [2.75, 3.05) is 26.4 Å². The summed E-state index contributed by atoms with van der Waals surface area (Å²) in [6, 6.07) is 0. The number of phosphoric acid groups is 1. The van der Waals surface area contributed by atoms with Crippen LogP contribution in [0, 0.1) is 0 Å². The van der Waals surface area contributed by atoms with Crippen molar-refractivity contribution in [1.29, 1.82) is 0 Å². The summed E-state index contributed by atoms with van der Waals surface area (Å²) in [7, 11) is -4.40. The third-order valence-electron chi connectivity index (χ3n) is 14.1. The maximum atomic E-state index is 12.7. The van der Waals surface area contributed by atoms with Gasteiger partial charge in [-0.3, -0.25) is 18.6 Å². The Morgan fingerprint density at radius 2 is 0.679 bits per heavy atom. The molecule has 3 N–H and O–H groups in total. The number of ether oxygens (including phenoxy) is 2. The Labute approximate surface area is 499 Å². The van der Waals surface area contributed by atoms with E-state index in [0.29, 0.717) is 6.42 Å². The lowest BCUT2D eigenvalue weighted by Gasteiger charge is -2.19. The van der Waals surface area contributed by atoms with Gasteiger partial charge in [0, 0.05) is 19.4 Å². The van der Waals surface area contributed by atoms with Gasteiger partial charge in [-0.15, -0.1) is 0 Å². The second-order valence-electron chi connectivity index (χ2n) is 22.0. The van der Waals surface area contributed by atoms with Gasteiger partial charge < -0.3 is 20.1 Å². The Bertz CT molecular complexity index is 1690. The van der Waals surface area contributed by atoms with E-state index in [1.54, 1.807) is 0 Å². The summed E-state index contributed by atoms with van der Waals surface area (Å²) < 4.78 is 33.1. The molecule has 0 rings (SSSR count). The summed E-state index contributed by atoms with van der Waals surface area (Å²) in [4.78, 5) is 35.3. The summed E-state index contributed by atoms with van der Waals surface area (Å²) in [5.41, 5.74) is 5.40. The van der Waals surface area contributed by atoms with Crippen LogP contribution in [0.4, 0.5) is 0 Å². The number of esters is 2. The van der Waals surface area contributed by atoms with Crippen LogP contribution in [0.3, 0.4) is 0 Å². The maximum absolute atomic E-state index is 12.7. The lowest BCUT2D eigenvalue weighted by molar-refractivity contribution is -0.161. The molecule has 0 aromatic carbocycles. The Kier molecular flexibility index (Phi) is 63.1. The number of hydrogen-bond acceptors (Lipinski definition) is 8. The summed E-state index contributed by atoms with van der Waals surface area (Å²) >= 11 is 0. The van der Waals surface area contributed by atoms with Gasteiger partial charge in [-0.1, -0.05) is 290 Å². The van der Waals surface area contributed by atoms with Crippen molar-refractivity contribution < 1.29 is 37.6 Å². The number of unbranched alkanes of at least 4 members (excludes halogenated alkanes) is 31. The Hall–Kier alpha value is -3.33. The third kappa shape index (κ3) is 65.7. The topological polar surface area (TPSA) is 134 Å². The molecule has 10 heteroatoms. The number of phosphoric ester groups is 1. The maximum Gasteiger partial charge on any atom is 0.472 e. The number of rotatable bonds is 62. The lowest BCUT2D eigenvalue weighted by atomic mass is 10.0. The molecule has 0 bridgehead atoms. The minimum Gasteiger partial charge on any atom is -0.462 e. The summed E-state index contributed by atoms with van der Waals surface area (Å²) in [5.74, 6) is -0.834. The van der Waals surface area contributed by atoms with E-state index in [1.807, 2.05) is 0 Å². The molecule has 466 valence electrons. The molecule has 0 aliphatic heterocycles. The average Bonchev–Trinajstić information content (AvgIpc) is 3.46. The zero-order valence-corrected chi connectivity index (χ0v) is 53.1. The number of hydrogen-bond donors (Lipinski definition) is 2. The van der Waals surface area contributed by atoms with E-state index in [9.17, 15) is 19.0 Å². The first-order valence-corrected chi connectivity index (χ1v) is 34.9. The van der Waals surface area contributed by atoms with E-state index in [-0.39, 0.29) is 38.6 Å². The zero-order valence-electron chi connectivity index (χ0n) is 52.2. The van der Waals surface area contributed by atoms with Gasteiger partial charge in [0.05, 0.1) is 13.2 Å². The van der Waals surface area contributed by atoms with Crippen LogP contribution in [0.25, 0.3) is 0 Å². The first-order chi connectivity index (χ1) is 39.8. The number of allylic oxidation sites excluding steroid dienone is 18. The van der Waals surface area contributed by atoms with Crippen molar-refractivity contribution in [3.05, 3.63) is 109 Å². The number of carbonyl (C=O) groups is 2. The molecular weight excluding hydrogens is 1030 g/mol. The van der Waals surface area contributed by atoms with Gasteiger partial charge in [0.1, 0.15) is 6.61 Å². The van der Waals surface area contributed by atoms with Gasteiger partial charge in [-0.2, -0.15) is 0 Å². The van der Waals surface area contributed by atoms with Crippen LogP contribution in [-0.4, -0.2) is 49.3 Å². The summed E-state index contributed by atoms with van der Waals surface area (Å²) in [5, 5.41) is 0. The second-order valence-corrected chi connectivity index (χ2v) is 23.4. The van der Waals surface area contributed by atoms with E-state index in [0.717, 1.165) is 96.3 Å². The minimum absolute atomic E-state index is 0.0478. The molecular formula is C71H124NO8P. The molecule has 0 saturated heterocycles. The number of carbonyl (C=O) groups excluding carboxylic acids is 2. The van der Waals surface area contributed by atoms with Crippen LogP contribution in [-0.2, 0) is 32.7 Å². The molecule has 2 atom stereocenters. The van der Waals surface area contributed by atoms with E-state index >= 15 is 0 Å². The fraction of sp³-hybridized carbons (Fsp3) is 0.718. The molecule has 0 radical (unpaired) electrons. The first kappa shape index (κ1) is 77.7. The predicted molar refractivity (Wildman–Crippen MR) is 348 cm³/mol. The van der Waals surface area contributed by atoms with E-state index in [4.69, 9.17) is 24.3 Å². The Balaban J connectivity index is 3.92. The third-order valence-corrected chi connectivity index (χ3v) is 15.1. The Morgan fingerprint density at radius 3 is 1.01 bits per heavy atom. The predicted octanol–water partition coefficient (Wildman–Crippen LogP) is 21.7. The fourth-order valence-corrected chi connectivity index (χ4v) is 10.0. The monoisotopic (exact) mass is 1150 g/mol. The molecule has 0 aromatic rings. The van der Waals surface area contributed by atoms with Crippen LogP contribution in [0.1, 0.15) is 296 Å². The molecule has 0 aliphatic rings. The molecule has 0 aliphatic carbocycles. The SMILES string of the molecule is CC/C=C\C/C=C\C/C=C\C/C=C\C/C=C\C/C=C\CCCCCCCCCCC(=O)OC(COC(=O)CCCCCCCCCCCCCCCCCCCC/C=C\C/C=C\C/C=C\CCCCCCC)COP(=O)(O)OCCN. The normalized spacial score (nSPS) is 13.7. The largest absolute Gasteiger partial charge is 0.472 e. The van der Waals surface area contributed by atoms with Crippen LogP contribution >= 0.6 is 7.82 Å². The average molecular weight is 1150 g/mol. The van der Waals surface area contributed by atoms with E-state index < -0.39 is 26.5 Å². The van der Waals surface area contributed by atoms with Crippen molar-refractivity contribution in [3.8, 4) is 0 Å². The van der Waals surface area contributed by atoms with Gasteiger partial charge >= 0.3 is 19.8 Å². The second kappa shape index (κ2) is 65.8. The molecule has 9 nitrogen and oxygen atoms in total. The molecule has 2 unspecified atom stereocenters. The van der Waals surface area contributed by atoms with E-state index in [2.05, 4.69) is 123 Å². The number of nitrogens with two attached hydrogens (primary N) is 1. The van der Waals surface area contributed by atoms with Crippen LogP contribution < -0.4 is 5.73 Å². The fourth-order valence-electron chi connectivity index (χ4n) is 9.24. The minimum atomic E-state index is -4.40. The van der Waals surface area contributed by atoms with Gasteiger partial charge in [0.15, 0.2) is 6.10 Å².